The maximum absolute atomic E-state index is 13.6. The van der Waals surface area contributed by atoms with Gasteiger partial charge >= 0.3 is 5.63 Å². The third-order valence-electron chi connectivity index (χ3n) is 6.01. The number of aromatic nitrogens is 1. The quantitative estimate of drug-likeness (QED) is 0.422. The number of anilines is 2. The lowest BCUT2D eigenvalue weighted by molar-refractivity contribution is -0.135. The normalized spacial score (nSPS) is 12.7. The zero-order chi connectivity index (χ0) is 25.2. The van der Waals surface area contributed by atoms with Crippen molar-refractivity contribution in [2.75, 3.05) is 31.4 Å². The number of amides is 1. The van der Waals surface area contributed by atoms with Gasteiger partial charge in [0.15, 0.2) is 5.60 Å². The number of hydrogen-bond acceptors (Lipinski definition) is 7. The summed E-state index contributed by atoms with van der Waals surface area (Å²) >= 11 is 0. The molecular formula is C27H27N3O5. The minimum atomic E-state index is -1.86. The molecule has 3 aromatic carbocycles. The number of hydrogen-bond donors (Lipinski definition) is 2. The Balaban J connectivity index is 1.71. The molecule has 0 aliphatic heterocycles. The van der Waals surface area contributed by atoms with Crippen molar-refractivity contribution in [2.45, 2.75) is 18.9 Å². The predicted molar refractivity (Wildman–Crippen MR) is 135 cm³/mol. The minimum absolute atomic E-state index is 0.0435. The summed E-state index contributed by atoms with van der Waals surface area (Å²) in [4.78, 5) is 27.5. The number of carbonyl (C=O) groups is 1. The average Bonchev–Trinajstić information content (AvgIpc) is 2.86. The number of aryl methyl sites for hydroxylation is 1. The lowest BCUT2D eigenvalue weighted by Crippen LogP contribution is -2.42. The molecule has 1 aromatic heterocycles. The molecule has 8 heteroatoms. The van der Waals surface area contributed by atoms with Crippen molar-refractivity contribution in [3.8, 4) is 5.75 Å². The van der Waals surface area contributed by atoms with Crippen LogP contribution < -0.4 is 20.6 Å². The molecule has 0 saturated heterocycles. The SMILES string of the molecule is COc1ccc(CC(O)(C(=O)Nc2ccc3c(=O)onc(C)c3c2)c2ccc(N(C)C)cc2)cc1. The number of methoxy groups -OCH3 is 1. The van der Waals surface area contributed by atoms with E-state index in [1.54, 1.807) is 56.5 Å². The van der Waals surface area contributed by atoms with Crippen molar-refractivity contribution in [3.63, 3.8) is 0 Å². The standard InChI is InChI=1S/C27H27N3O5/c1-17-24-15-20(9-14-23(24)25(31)35-29-17)28-26(32)27(33,16-18-5-12-22(34-4)13-6-18)19-7-10-21(11-8-19)30(2)3/h5-15,33H,16H2,1-4H3,(H,28,32). The van der Waals surface area contributed by atoms with Gasteiger partial charge in [-0.2, -0.15) is 0 Å². The highest BCUT2D eigenvalue weighted by Crippen LogP contribution is 2.30. The minimum Gasteiger partial charge on any atom is -0.497 e. The molecular weight excluding hydrogens is 446 g/mol. The number of nitrogens with one attached hydrogen (secondary N) is 1. The zero-order valence-electron chi connectivity index (χ0n) is 20.0. The number of rotatable bonds is 7. The first-order valence-corrected chi connectivity index (χ1v) is 11.1. The number of ether oxygens (including phenoxy) is 1. The molecule has 0 radical (unpaired) electrons. The van der Waals surface area contributed by atoms with Crippen LogP contribution in [0.2, 0.25) is 0 Å². The summed E-state index contributed by atoms with van der Waals surface area (Å²) in [6.45, 7) is 1.71. The summed E-state index contributed by atoms with van der Waals surface area (Å²) in [6.07, 6.45) is 0.0435. The fourth-order valence-electron chi connectivity index (χ4n) is 3.93. The number of nitrogens with zero attached hydrogens (tertiary/aromatic N) is 2. The highest BCUT2D eigenvalue weighted by atomic mass is 16.5. The summed E-state index contributed by atoms with van der Waals surface area (Å²) < 4.78 is 9.99. The zero-order valence-corrected chi connectivity index (χ0v) is 20.0. The fraction of sp³-hybridized carbons (Fsp3) is 0.222. The molecule has 35 heavy (non-hydrogen) atoms. The van der Waals surface area contributed by atoms with Crippen LogP contribution in [0, 0.1) is 6.92 Å². The largest absolute Gasteiger partial charge is 0.497 e. The number of aliphatic hydroxyl groups is 1. The Hall–Kier alpha value is -4.17. The van der Waals surface area contributed by atoms with E-state index in [2.05, 4.69) is 10.5 Å². The van der Waals surface area contributed by atoms with E-state index in [1.807, 2.05) is 43.3 Å². The molecule has 1 amide bonds. The van der Waals surface area contributed by atoms with Crippen LogP contribution in [0.4, 0.5) is 11.4 Å². The summed E-state index contributed by atoms with van der Waals surface area (Å²) in [7, 11) is 5.42. The Labute approximate surface area is 202 Å². The van der Waals surface area contributed by atoms with E-state index in [0.717, 1.165) is 11.3 Å². The third-order valence-corrected chi connectivity index (χ3v) is 6.01. The van der Waals surface area contributed by atoms with Crippen LogP contribution >= 0.6 is 0 Å². The topological polar surface area (TPSA) is 105 Å². The molecule has 4 rings (SSSR count). The third kappa shape index (κ3) is 4.88. The molecule has 1 unspecified atom stereocenters. The van der Waals surface area contributed by atoms with Crippen LogP contribution in [0.5, 0.6) is 5.75 Å². The molecule has 1 atom stereocenters. The molecule has 0 saturated carbocycles. The molecule has 180 valence electrons. The van der Waals surface area contributed by atoms with Gasteiger partial charge in [-0.1, -0.05) is 29.4 Å². The van der Waals surface area contributed by atoms with Gasteiger partial charge in [0.05, 0.1) is 18.2 Å². The van der Waals surface area contributed by atoms with Crippen molar-refractivity contribution in [2.24, 2.45) is 0 Å². The monoisotopic (exact) mass is 473 g/mol. The van der Waals surface area contributed by atoms with Crippen LogP contribution in [0.25, 0.3) is 10.8 Å². The van der Waals surface area contributed by atoms with Gasteiger partial charge < -0.3 is 24.6 Å². The average molecular weight is 474 g/mol. The molecule has 0 aliphatic carbocycles. The van der Waals surface area contributed by atoms with Gasteiger partial charge in [0.2, 0.25) is 0 Å². The van der Waals surface area contributed by atoms with Crippen LogP contribution in [0.3, 0.4) is 0 Å². The van der Waals surface area contributed by atoms with Gasteiger partial charge in [0.1, 0.15) is 5.75 Å². The summed E-state index contributed by atoms with van der Waals surface area (Å²) in [6, 6.07) is 19.2. The van der Waals surface area contributed by atoms with Gasteiger partial charge in [0, 0.05) is 37.3 Å². The maximum atomic E-state index is 13.6. The summed E-state index contributed by atoms with van der Waals surface area (Å²) in [5.41, 5.74) is 0.682. The van der Waals surface area contributed by atoms with Gasteiger partial charge in [-0.15, -0.1) is 0 Å². The molecule has 4 aromatic rings. The van der Waals surface area contributed by atoms with E-state index < -0.39 is 17.1 Å². The first-order valence-electron chi connectivity index (χ1n) is 11.1. The highest BCUT2D eigenvalue weighted by molar-refractivity contribution is 6.00. The van der Waals surface area contributed by atoms with Gasteiger partial charge in [-0.25, -0.2) is 4.79 Å². The Morgan fingerprint density at radius 3 is 2.37 bits per heavy atom. The van der Waals surface area contributed by atoms with Crippen molar-refractivity contribution in [3.05, 3.63) is 94.0 Å². The molecule has 2 N–H and O–H groups in total. The lowest BCUT2D eigenvalue weighted by atomic mass is 9.86. The first-order chi connectivity index (χ1) is 16.7. The smallest absolute Gasteiger partial charge is 0.366 e. The molecule has 0 aliphatic rings. The Morgan fingerprint density at radius 1 is 1.06 bits per heavy atom. The molecule has 1 heterocycles. The number of carbonyl (C=O) groups excluding carboxylic acids is 1. The fourth-order valence-corrected chi connectivity index (χ4v) is 3.93. The van der Waals surface area contributed by atoms with Crippen molar-refractivity contribution >= 4 is 28.1 Å². The summed E-state index contributed by atoms with van der Waals surface area (Å²) in [5, 5.41) is 19.3. The number of benzene rings is 3. The van der Waals surface area contributed by atoms with Crippen LogP contribution in [-0.2, 0) is 16.8 Å². The van der Waals surface area contributed by atoms with Crippen LogP contribution in [0.15, 0.2) is 76.0 Å². The van der Waals surface area contributed by atoms with Crippen molar-refractivity contribution in [1.29, 1.82) is 0 Å². The maximum Gasteiger partial charge on any atom is 0.366 e. The predicted octanol–water partition coefficient (Wildman–Crippen LogP) is 3.64. The van der Waals surface area contributed by atoms with Crippen LogP contribution in [0.1, 0.15) is 16.8 Å². The lowest BCUT2D eigenvalue weighted by Gasteiger charge is -2.28. The first kappa shape index (κ1) is 24.0. The van der Waals surface area contributed by atoms with Gasteiger partial charge in [0.25, 0.3) is 5.91 Å². The Morgan fingerprint density at radius 2 is 1.74 bits per heavy atom. The van der Waals surface area contributed by atoms with E-state index in [1.165, 1.54) is 0 Å². The van der Waals surface area contributed by atoms with E-state index in [9.17, 15) is 14.7 Å². The highest BCUT2D eigenvalue weighted by Gasteiger charge is 2.38. The van der Waals surface area contributed by atoms with Crippen molar-refractivity contribution in [1.82, 2.24) is 5.16 Å². The van der Waals surface area contributed by atoms with E-state index in [-0.39, 0.29) is 6.42 Å². The van der Waals surface area contributed by atoms with E-state index >= 15 is 0 Å². The second-order valence-electron chi connectivity index (χ2n) is 8.60. The van der Waals surface area contributed by atoms with Crippen molar-refractivity contribution < 1.29 is 19.2 Å². The second kappa shape index (κ2) is 9.60. The second-order valence-corrected chi connectivity index (χ2v) is 8.60. The Bertz CT molecular complexity index is 1410. The van der Waals surface area contributed by atoms with Gasteiger partial charge in [-0.05, 0) is 60.5 Å². The van der Waals surface area contributed by atoms with E-state index in [0.29, 0.717) is 33.5 Å². The molecule has 0 bridgehead atoms. The van der Waals surface area contributed by atoms with Crippen LogP contribution in [-0.4, -0.2) is 37.4 Å². The van der Waals surface area contributed by atoms with Gasteiger partial charge in [-0.3, -0.25) is 4.79 Å². The molecule has 8 nitrogen and oxygen atoms in total. The number of fused-ring (bicyclic) bond motifs is 1. The summed E-state index contributed by atoms with van der Waals surface area (Å²) in [5.74, 6) is 0.0838. The molecule has 0 fully saturated rings. The van der Waals surface area contributed by atoms with E-state index in [4.69, 9.17) is 9.26 Å². The molecule has 0 spiro atoms. The Kier molecular flexibility index (Phi) is 6.57.